The molecule has 2 aromatic carbocycles. The highest BCUT2D eigenvalue weighted by Gasteiger charge is 2.35. The Hall–Kier alpha value is -2.80. The molecule has 0 aliphatic heterocycles. The Morgan fingerprint density at radius 2 is 1.69 bits per heavy atom. The number of nitrogens with zero attached hydrogens (tertiary/aromatic N) is 2. The molecular weight excluding hydrogens is 367 g/mol. The van der Waals surface area contributed by atoms with E-state index in [0.717, 1.165) is 6.07 Å². The van der Waals surface area contributed by atoms with Crippen LogP contribution in [0.3, 0.4) is 0 Å². The van der Waals surface area contributed by atoms with Crippen molar-refractivity contribution in [1.29, 1.82) is 0 Å². The van der Waals surface area contributed by atoms with E-state index >= 15 is 0 Å². The fraction of sp³-hybridized carbons (Fsp3) is 0.111. The second-order valence-corrected chi connectivity index (χ2v) is 6.08. The molecular formula is C18H13ClF3N3O. The van der Waals surface area contributed by atoms with Crippen LogP contribution in [0.1, 0.15) is 11.3 Å². The van der Waals surface area contributed by atoms with Crippen molar-refractivity contribution < 1.29 is 18.0 Å². The van der Waals surface area contributed by atoms with Crippen molar-refractivity contribution in [3.63, 3.8) is 0 Å². The second-order valence-electron chi connectivity index (χ2n) is 5.64. The fourth-order valence-corrected chi connectivity index (χ4v) is 2.62. The predicted molar refractivity (Wildman–Crippen MR) is 91.9 cm³/mol. The van der Waals surface area contributed by atoms with Gasteiger partial charge < -0.3 is 5.73 Å². The first kappa shape index (κ1) is 18.0. The maximum absolute atomic E-state index is 13.1. The Kier molecular flexibility index (Phi) is 4.73. The van der Waals surface area contributed by atoms with Crippen molar-refractivity contribution >= 4 is 17.5 Å². The molecule has 0 saturated carbocycles. The molecule has 0 radical (unpaired) electrons. The van der Waals surface area contributed by atoms with Gasteiger partial charge in [0.05, 0.1) is 17.8 Å². The van der Waals surface area contributed by atoms with Gasteiger partial charge in [-0.15, -0.1) is 0 Å². The normalized spacial score (nSPS) is 11.5. The van der Waals surface area contributed by atoms with Gasteiger partial charge in [-0.2, -0.15) is 18.3 Å². The highest BCUT2D eigenvalue weighted by atomic mass is 35.5. The lowest BCUT2D eigenvalue weighted by molar-refractivity contribution is -0.141. The summed E-state index contributed by atoms with van der Waals surface area (Å²) in [4.78, 5) is 11.0. The quantitative estimate of drug-likeness (QED) is 0.737. The molecule has 0 spiro atoms. The fourth-order valence-electron chi connectivity index (χ4n) is 2.50. The second kappa shape index (κ2) is 6.84. The molecule has 0 aliphatic rings. The van der Waals surface area contributed by atoms with E-state index in [-0.39, 0.29) is 12.1 Å². The number of amides is 1. The summed E-state index contributed by atoms with van der Waals surface area (Å²) in [6, 6.07) is 13.8. The lowest BCUT2D eigenvalue weighted by Gasteiger charge is -2.09. The van der Waals surface area contributed by atoms with Gasteiger partial charge in [0, 0.05) is 10.6 Å². The molecule has 3 aromatic rings. The molecule has 1 heterocycles. The highest BCUT2D eigenvalue weighted by Crippen LogP contribution is 2.33. The van der Waals surface area contributed by atoms with Crippen LogP contribution in [0.25, 0.3) is 16.9 Å². The lowest BCUT2D eigenvalue weighted by atomic mass is 10.1. The van der Waals surface area contributed by atoms with Crippen LogP contribution in [0.2, 0.25) is 5.02 Å². The SMILES string of the molecule is NC(=O)Cc1ccc(-n2nc(C(F)(F)F)cc2-c2ccc(Cl)cc2)cc1. The summed E-state index contributed by atoms with van der Waals surface area (Å²) < 4.78 is 40.6. The summed E-state index contributed by atoms with van der Waals surface area (Å²) in [5.74, 6) is -0.488. The number of halogens is 4. The number of rotatable bonds is 4. The zero-order chi connectivity index (χ0) is 18.9. The minimum atomic E-state index is -4.57. The Labute approximate surface area is 152 Å². The highest BCUT2D eigenvalue weighted by molar-refractivity contribution is 6.30. The molecule has 0 aliphatic carbocycles. The van der Waals surface area contributed by atoms with Gasteiger partial charge in [0.25, 0.3) is 0 Å². The number of carbonyl (C=O) groups is 1. The minimum Gasteiger partial charge on any atom is -0.369 e. The number of benzene rings is 2. The average molecular weight is 380 g/mol. The lowest BCUT2D eigenvalue weighted by Crippen LogP contribution is -2.13. The summed E-state index contributed by atoms with van der Waals surface area (Å²) in [6.45, 7) is 0. The third-order valence-corrected chi connectivity index (χ3v) is 3.95. The van der Waals surface area contributed by atoms with Crippen molar-refractivity contribution in [2.45, 2.75) is 12.6 Å². The van der Waals surface area contributed by atoms with E-state index in [9.17, 15) is 18.0 Å². The van der Waals surface area contributed by atoms with Crippen molar-refractivity contribution in [2.24, 2.45) is 5.73 Å². The van der Waals surface area contributed by atoms with Crippen molar-refractivity contribution in [3.8, 4) is 16.9 Å². The first-order valence-corrected chi connectivity index (χ1v) is 7.92. The van der Waals surface area contributed by atoms with Crippen LogP contribution >= 0.6 is 11.6 Å². The molecule has 0 saturated heterocycles. The number of hydrogen-bond donors (Lipinski definition) is 1. The van der Waals surface area contributed by atoms with Gasteiger partial charge in [0.15, 0.2) is 5.69 Å². The Bertz CT molecular complexity index is 932. The molecule has 134 valence electrons. The van der Waals surface area contributed by atoms with Crippen molar-refractivity contribution in [1.82, 2.24) is 9.78 Å². The van der Waals surface area contributed by atoms with E-state index in [1.165, 1.54) is 4.68 Å². The zero-order valence-corrected chi connectivity index (χ0v) is 14.1. The van der Waals surface area contributed by atoms with Gasteiger partial charge in [0.2, 0.25) is 5.91 Å². The Morgan fingerprint density at radius 1 is 1.08 bits per heavy atom. The summed E-state index contributed by atoms with van der Waals surface area (Å²) >= 11 is 5.85. The van der Waals surface area contributed by atoms with Gasteiger partial charge in [-0.25, -0.2) is 4.68 Å². The van der Waals surface area contributed by atoms with E-state index in [0.29, 0.717) is 21.8 Å². The van der Waals surface area contributed by atoms with Crippen LogP contribution in [0.15, 0.2) is 54.6 Å². The third kappa shape index (κ3) is 3.88. The van der Waals surface area contributed by atoms with Crippen LogP contribution in [0.5, 0.6) is 0 Å². The van der Waals surface area contributed by atoms with Crippen LogP contribution in [0.4, 0.5) is 13.2 Å². The maximum Gasteiger partial charge on any atom is 0.435 e. The molecule has 0 unspecified atom stereocenters. The summed E-state index contributed by atoms with van der Waals surface area (Å²) in [5.41, 5.74) is 6.06. The molecule has 0 fully saturated rings. The van der Waals surface area contributed by atoms with Gasteiger partial charge in [-0.1, -0.05) is 35.9 Å². The van der Waals surface area contributed by atoms with Crippen LogP contribution in [-0.4, -0.2) is 15.7 Å². The van der Waals surface area contributed by atoms with E-state index in [1.807, 2.05) is 0 Å². The summed E-state index contributed by atoms with van der Waals surface area (Å²) in [5, 5.41) is 4.19. The number of primary amides is 1. The molecule has 26 heavy (non-hydrogen) atoms. The summed E-state index contributed by atoms with van der Waals surface area (Å²) in [7, 11) is 0. The topological polar surface area (TPSA) is 60.9 Å². The van der Waals surface area contributed by atoms with Gasteiger partial charge in [-0.3, -0.25) is 4.79 Å². The van der Waals surface area contributed by atoms with E-state index in [2.05, 4.69) is 5.10 Å². The minimum absolute atomic E-state index is 0.0528. The predicted octanol–water partition coefficient (Wildman–Crippen LogP) is 4.24. The summed E-state index contributed by atoms with van der Waals surface area (Å²) in [6.07, 6.45) is -4.52. The van der Waals surface area contributed by atoms with Crippen LogP contribution in [0, 0.1) is 0 Å². The Morgan fingerprint density at radius 3 is 2.23 bits per heavy atom. The molecule has 1 aromatic heterocycles. The number of alkyl halides is 3. The molecule has 0 atom stereocenters. The molecule has 4 nitrogen and oxygen atoms in total. The average Bonchev–Trinajstić information content (AvgIpc) is 3.01. The van der Waals surface area contributed by atoms with Gasteiger partial charge >= 0.3 is 6.18 Å². The van der Waals surface area contributed by atoms with Crippen molar-refractivity contribution in [2.75, 3.05) is 0 Å². The number of hydrogen-bond acceptors (Lipinski definition) is 2. The largest absolute Gasteiger partial charge is 0.435 e. The first-order chi connectivity index (χ1) is 12.2. The maximum atomic E-state index is 13.1. The van der Waals surface area contributed by atoms with Gasteiger partial charge in [0.1, 0.15) is 0 Å². The van der Waals surface area contributed by atoms with Crippen molar-refractivity contribution in [3.05, 3.63) is 70.9 Å². The number of carbonyl (C=O) groups excluding carboxylic acids is 1. The number of aromatic nitrogens is 2. The monoisotopic (exact) mass is 379 g/mol. The van der Waals surface area contributed by atoms with Gasteiger partial charge in [-0.05, 0) is 35.9 Å². The smallest absolute Gasteiger partial charge is 0.369 e. The molecule has 8 heteroatoms. The van der Waals surface area contributed by atoms with E-state index < -0.39 is 17.8 Å². The molecule has 2 N–H and O–H groups in total. The molecule has 3 rings (SSSR count). The third-order valence-electron chi connectivity index (χ3n) is 3.70. The van der Waals surface area contributed by atoms with E-state index in [4.69, 9.17) is 17.3 Å². The molecule has 0 bridgehead atoms. The Balaban J connectivity index is 2.08. The molecule has 1 amide bonds. The van der Waals surface area contributed by atoms with Crippen LogP contribution in [-0.2, 0) is 17.4 Å². The van der Waals surface area contributed by atoms with Crippen LogP contribution < -0.4 is 5.73 Å². The first-order valence-electron chi connectivity index (χ1n) is 7.55. The van der Waals surface area contributed by atoms with E-state index in [1.54, 1.807) is 48.5 Å². The number of nitrogens with two attached hydrogens (primary N) is 1. The standard InChI is InChI=1S/C18H13ClF3N3O/c19-13-5-3-12(4-6-13)15-10-16(18(20,21)22)24-25(15)14-7-1-11(2-8-14)9-17(23)26/h1-8,10H,9H2,(H2,23,26). The zero-order valence-electron chi connectivity index (χ0n) is 13.3.